The topological polar surface area (TPSA) is 75.4 Å². The van der Waals surface area contributed by atoms with E-state index in [0.29, 0.717) is 18.2 Å². The molecule has 1 aromatic carbocycles. The van der Waals surface area contributed by atoms with Crippen molar-refractivity contribution in [3.8, 4) is 0 Å². The minimum Gasteiger partial charge on any atom is -0.387 e. The molecular weight excluding hydrogens is 256 g/mol. The molecule has 0 bridgehead atoms. The summed E-state index contributed by atoms with van der Waals surface area (Å²) in [6.07, 6.45) is 4.29. The van der Waals surface area contributed by atoms with Crippen molar-refractivity contribution in [2.75, 3.05) is 6.54 Å². The largest absolute Gasteiger partial charge is 0.387 e. The third-order valence-electron chi connectivity index (χ3n) is 3.90. The number of nitrogens with zero attached hydrogens (tertiary/aromatic N) is 1. The van der Waals surface area contributed by atoms with Crippen molar-refractivity contribution in [2.45, 2.75) is 44.8 Å². The highest BCUT2D eigenvalue weighted by molar-refractivity contribution is 5.33. The lowest BCUT2D eigenvalue weighted by Crippen LogP contribution is -2.32. The summed E-state index contributed by atoms with van der Waals surface area (Å²) in [5, 5.41) is 24.1. The van der Waals surface area contributed by atoms with Gasteiger partial charge in [0.15, 0.2) is 0 Å². The number of rotatable bonds is 8. The van der Waals surface area contributed by atoms with Crippen LogP contribution in [0.2, 0.25) is 0 Å². The summed E-state index contributed by atoms with van der Waals surface area (Å²) in [6.45, 7) is 2.64. The maximum absolute atomic E-state index is 10.6. The van der Waals surface area contributed by atoms with E-state index in [1.54, 1.807) is 12.1 Å². The van der Waals surface area contributed by atoms with Crippen LogP contribution in [0.15, 0.2) is 24.3 Å². The number of nitro benzene ring substituents is 1. The number of nitrogens with one attached hydrogen (secondary N) is 1. The quantitative estimate of drug-likeness (QED) is 0.566. The zero-order valence-corrected chi connectivity index (χ0v) is 11.8. The molecule has 0 heterocycles. The van der Waals surface area contributed by atoms with Gasteiger partial charge in [-0.15, -0.1) is 0 Å². The predicted molar refractivity (Wildman–Crippen MR) is 77.5 cm³/mol. The van der Waals surface area contributed by atoms with E-state index >= 15 is 0 Å². The molecule has 5 heteroatoms. The molecule has 1 aromatic rings. The Labute approximate surface area is 119 Å². The highest BCUT2D eigenvalue weighted by Gasteiger charge is 2.24. The van der Waals surface area contributed by atoms with Gasteiger partial charge in [-0.2, -0.15) is 0 Å². The first-order valence-electron chi connectivity index (χ1n) is 7.26. The second kappa shape index (κ2) is 6.81. The van der Waals surface area contributed by atoms with Crippen LogP contribution in [0.4, 0.5) is 5.69 Å². The third kappa shape index (κ3) is 4.28. The monoisotopic (exact) mass is 278 g/mol. The van der Waals surface area contributed by atoms with Gasteiger partial charge >= 0.3 is 0 Å². The third-order valence-corrected chi connectivity index (χ3v) is 3.90. The Morgan fingerprint density at radius 3 is 2.55 bits per heavy atom. The molecule has 2 unspecified atom stereocenters. The summed E-state index contributed by atoms with van der Waals surface area (Å²) >= 11 is 0. The van der Waals surface area contributed by atoms with E-state index in [1.807, 2.05) is 0 Å². The molecule has 0 spiro atoms. The fourth-order valence-electron chi connectivity index (χ4n) is 2.36. The molecule has 0 aromatic heterocycles. The Morgan fingerprint density at radius 1 is 1.40 bits per heavy atom. The minimum atomic E-state index is -0.621. The molecule has 2 rings (SSSR count). The number of hydrogen-bond donors (Lipinski definition) is 2. The Morgan fingerprint density at radius 2 is 2.05 bits per heavy atom. The fraction of sp³-hybridized carbons (Fsp3) is 0.600. The number of aliphatic hydroxyl groups excluding tert-OH is 1. The highest BCUT2D eigenvalue weighted by Crippen LogP contribution is 2.34. The second-order valence-corrected chi connectivity index (χ2v) is 5.56. The standard InChI is InChI=1S/C15H22N2O3/c1-2-13(9-11-3-4-11)16-10-15(18)12-5-7-14(8-6-12)17(19)20/h5-8,11,13,15-16,18H,2-4,9-10H2,1H3. The van der Waals surface area contributed by atoms with Crippen LogP contribution >= 0.6 is 0 Å². The average Bonchev–Trinajstić information content (AvgIpc) is 3.27. The van der Waals surface area contributed by atoms with E-state index in [4.69, 9.17) is 0 Å². The van der Waals surface area contributed by atoms with E-state index in [0.717, 1.165) is 12.3 Å². The van der Waals surface area contributed by atoms with Gasteiger partial charge in [-0.1, -0.05) is 19.8 Å². The minimum absolute atomic E-state index is 0.0501. The first kappa shape index (κ1) is 14.9. The molecule has 2 N–H and O–H groups in total. The summed E-state index contributed by atoms with van der Waals surface area (Å²) in [4.78, 5) is 10.1. The smallest absolute Gasteiger partial charge is 0.269 e. The van der Waals surface area contributed by atoms with Gasteiger partial charge in [0.1, 0.15) is 0 Å². The SMILES string of the molecule is CCC(CC1CC1)NCC(O)c1ccc([N+](=O)[O-])cc1. The second-order valence-electron chi connectivity index (χ2n) is 5.56. The summed E-state index contributed by atoms with van der Waals surface area (Å²) in [6, 6.07) is 6.55. The lowest BCUT2D eigenvalue weighted by Gasteiger charge is -2.19. The number of hydrogen-bond acceptors (Lipinski definition) is 4. The lowest BCUT2D eigenvalue weighted by atomic mass is 10.1. The molecule has 5 nitrogen and oxygen atoms in total. The van der Waals surface area contributed by atoms with Crippen LogP contribution in [-0.4, -0.2) is 22.6 Å². The van der Waals surface area contributed by atoms with Crippen molar-refractivity contribution < 1.29 is 10.0 Å². The van der Waals surface area contributed by atoms with Crippen molar-refractivity contribution in [2.24, 2.45) is 5.92 Å². The zero-order chi connectivity index (χ0) is 14.5. The van der Waals surface area contributed by atoms with Crippen LogP contribution in [0, 0.1) is 16.0 Å². The molecule has 1 aliphatic rings. The van der Waals surface area contributed by atoms with Gasteiger partial charge in [0.2, 0.25) is 0 Å². The Bertz CT molecular complexity index is 443. The van der Waals surface area contributed by atoms with Gasteiger partial charge in [0.25, 0.3) is 5.69 Å². The molecule has 1 saturated carbocycles. The maximum atomic E-state index is 10.6. The summed E-state index contributed by atoms with van der Waals surface area (Å²) in [7, 11) is 0. The van der Waals surface area contributed by atoms with Gasteiger partial charge in [-0.3, -0.25) is 10.1 Å². The van der Waals surface area contributed by atoms with Crippen LogP contribution < -0.4 is 5.32 Å². The van der Waals surface area contributed by atoms with Gasteiger partial charge in [0.05, 0.1) is 11.0 Å². The van der Waals surface area contributed by atoms with Crippen molar-refractivity contribution in [1.82, 2.24) is 5.32 Å². The van der Waals surface area contributed by atoms with E-state index in [-0.39, 0.29) is 5.69 Å². The van der Waals surface area contributed by atoms with E-state index in [9.17, 15) is 15.2 Å². The van der Waals surface area contributed by atoms with E-state index in [1.165, 1.54) is 31.4 Å². The van der Waals surface area contributed by atoms with Crippen LogP contribution in [-0.2, 0) is 0 Å². The number of non-ortho nitro benzene ring substituents is 1. The Hall–Kier alpha value is -1.46. The average molecular weight is 278 g/mol. The molecule has 110 valence electrons. The molecule has 2 atom stereocenters. The molecule has 0 aliphatic heterocycles. The summed E-state index contributed by atoms with van der Waals surface area (Å²) in [5.74, 6) is 0.865. The van der Waals surface area contributed by atoms with Gasteiger partial charge < -0.3 is 10.4 Å². The fourth-order valence-corrected chi connectivity index (χ4v) is 2.36. The van der Waals surface area contributed by atoms with Crippen molar-refractivity contribution in [3.63, 3.8) is 0 Å². The van der Waals surface area contributed by atoms with Crippen LogP contribution in [0.25, 0.3) is 0 Å². The molecule has 0 saturated heterocycles. The van der Waals surface area contributed by atoms with Crippen LogP contribution in [0.5, 0.6) is 0 Å². The van der Waals surface area contributed by atoms with Gasteiger partial charge in [0, 0.05) is 24.7 Å². The normalized spacial score (nSPS) is 17.7. The van der Waals surface area contributed by atoms with E-state index in [2.05, 4.69) is 12.2 Å². The maximum Gasteiger partial charge on any atom is 0.269 e. The van der Waals surface area contributed by atoms with Crippen LogP contribution in [0.3, 0.4) is 0 Å². The Balaban J connectivity index is 1.83. The number of aliphatic hydroxyl groups is 1. The summed E-state index contributed by atoms with van der Waals surface area (Å²) < 4.78 is 0. The number of benzene rings is 1. The number of nitro groups is 1. The first-order chi connectivity index (χ1) is 9.60. The molecule has 1 fully saturated rings. The molecule has 20 heavy (non-hydrogen) atoms. The highest BCUT2D eigenvalue weighted by atomic mass is 16.6. The van der Waals surface area contributed by atoms with Crippen molar-refractivity contribution in [1.29, 1.82) is 0 Å². The van der Waals surface area contributed by atoms with Crippen molar-refractivity contribution >= 4 is 5.69 Å². The van der Waals surface area contributed by atoms with Gasteiger partial charge in [-0.25, -0.2) is 0 Å². The summed E-state index contributed by atoms with van der Waals surface area (Å²) in [5.41, 5.74) is 0.762. The molecule has 0 radical (unpaired) electrons. The van der Waals surface area contributed by atoms with Crippen LogP contribution in [0.1, 0.15) is 44.3 Å². The Kier molecular flexibility index (Phi) is 5.09. The predicted octanol–water partition coefficient (Wildman–Crippen LogP) is 2.80. The molecule has 0 amide bonds. The molecular formula is C15H22N2O3. The lowest BCUT2D eigenvalue weighted by molar-refractivity contribution is -0.384. The van der Waals surface area contributed by atoms with Gasteiger partial charge in [-0.05, 0) is 36.5 Å². The zero-order valence-electron chi connectivity index (χ0n) is 11.8. The first-order valence-corrected chi connectivity index (χ1v) is 7.26. The van der Waals surface area contributed by atoms with Crippen molar-refractivity contribution in [3.05, 3.63) is 39.9 Å². The van der Waals surface area contributed by atoms with E-state index < -0.39 is 11.0 Å². The molecule has 1 aliphatic carbocycles.